The highest BCUT2D eigenvalue weighted by molar-refractivity contribution is 6.28. The van der Waals surface area contributed by atoms with Crippen LogP contribution in [0.5, 0.6) is 0 Å². The summed E-state index contributed by atoms with van der Waals surface area (Å²) in [7, 11) is 3.40. The molecule has 0 saturated carbocycles. The Morgan fingerprint density at radius 2 is 1.66 bits per heavy atom. The minimum absolute atomic E-state index is 0.0442. The third-order valence-electron chi connectivity index (χ3n) is 4.77. The molecule has 6 nitrogen and oxygen atoms in total. The van der Waals surface area contributed by atoms with E-state index in [-0.39, 0.29) is 22.4 Å². The largest absolute Gasteiger partial charge is 0.416 e. The van der Waals surface area contributed by atoms with Crippen molar-refractivity contribution in [3.63, 3.8) is 0 Å². The fourth-order valence-corrected chi connectivity index (χ4v) is 3.10. The second-order valence-corrected chi connectivity index (χ2v) is 8.63. The predicted octanol–water partition coefficient (Wildman–Crippen LogP) is 4.76. The predicted molar refractivity (Wildman–Crippen MR) is 115 cm³/mol. The van der Waals surface area contributed by atoms with E-state index in [2.05, 4.69) is 36.3 Å². The number of hydrogen-bond donors (Lipinski definition) is 0. The molecule has 2 aromatic carbocycles. The number of alkyl halides is 3. The Labute approximate surface area is 184 Å². The molecule has 0 spiro atoms. The van der Waals surface area contributed by atoms with Gasteiger partial charge in [0, 0.05) is 25.9 Å². The Morgan fingerprint density at radius 3 is 2.22 bits per heavy atom. The van der Waals surface area contributed by atoms with Crippen molar-refractivity contribution in [2.24, 2.45) is 0 Å². The monoisotopic (exact) mass is 443 g/mol. The number of ketones is 1. The van der Waals surface area contributed by atoms with Gasteiger partial charge in [-0.15, -0.1) is 5.10 Å². The van der Waals surface area contributed by atoms with Crippen LogP contribution in [0.4, 0.5) is 13.2 Å². The molecule has 0 saturated heterocycles. The molecular formula is C23H24F3N5O. The zero-order valence-electron chi connectivity index (χ0n) is 18.5. The van der Waals surface area contributed by atoms with Crippen LogP contribution in [-0.2, 0) is 11.6 Å². The Bertz CT molecular complexity index is 1140. The van der Waals surface area contributed by atoms with E-state index in [9.17, 15) is 18.0 Å². The summed E-state index contributed by atoms with van der Waals surface area (Å²) < 4.78 is 40.8. The molecule has 0 unspecified atom stereocenters. The number of Topliss-reactive ketones (excluding diaryl/α,β-unsaturated/α-hetero) is 1. The molecule has 0 fully saturated rings. The first-order valence-electron chi connectivity index (χ1n) is 9.88. The summed E-state index contributed by atoms with van der Waals surface area (Å²) in [6.45, 7) is 6.28. The maximum absolute atomic E-state index is 13.3. The first-order valence-corrected chi connectivity index (χ1v) is 9.88. The average molecular weight is 443 g/mol. The van der Waals surface area contributed by atoms with Gasteiger partial charge < -0.3 is 4.90 Å². The number of tetrazole rings is 1. The fourth-order valence-electron chi connectivity index (χ4n) is 3.10. The number of benzene rings is 2. The van der Waals surface area contributed by atoms with Crippen LogP contribution in [0.15, 0.2) is 54.7 Å². The quantitative estimate of drug-likeness (QED) is 0.420. The van der Waals surface area contributed by atoms with E-state index < -0.39 is 17.5 Å². The molecule has 0 aliphatic heterocycles. The van der Waals surface area contributed by atoms with Gasteiger partial charge in [0.1, 0.15) is 0 Å². The van der Waals surface area contributed by atoms with Crippen molar-refractivity contribution in [2.45, 2.75) is 32.4 Å². The van der Waals surface area contributed by atoms with Gasteiger partial charge >= 0.3 is 6.18 Å². The number of aromatic nitrogens is 4. The number of allylic oxidation sites excluding steroid dienone is 1. The summed E-state index contributed by atoms with van der Waals surface area (Å²) in [6, 6.07) is 11.9. The van der Waals surface area contributed by atoms with Gasteiger partial charge in [-0.05, 0) is 45.7 Å². The number of hydrogen-bond acceptors (Lipinski definition) is 5. The summed E-state index contributed by atoms with van der Waals surface area (Å²) >= 11 is 0. The van der Waals surface area contributed by atoms with E-state index in [1.807, 2.05) is 24.3 Å². The van der Waals surface area contributed by atoms with Gasteiger partial charge in [0.05, 0.1) is 16.8 Å². The van der Waals surface area contributed by atoms with E-state index in [0.717, 1.165) is 17.7 Å². The molecule has 0 aliphatic carbocycles. The number of carbonyl (C=O) groups is 1. The average Bonchev–Trinajstić information content (AvgIpc) is 3.20. The minimum Gasteiger partial charge on any atom is -0.383 e. The van der Waals surface area contributed by atoms with E-state index in [1.54, 1.807) is 19.0 Å². The molecule has 0 amide bonds. The van der Waals surface area contributed by atoms with Crippen molar-refractivity contribution in [1.29, 1.82) is 0 Å². The molecular weight excluding hydrogens is 419 g/mol. The lowest BCUT2D eigenvalue weighted by molar-refractivity contribution is -0.137. The first kappa shape index (κ1) is 23.2. The van der Waals surface area contributed by atoms with Crippen LogP contribution >= 0.6 is 0 Å². The number of carbonyl (C=O) groups excluding carboxylic acids is 1. The molecule has 168 valence electrons. The minimum atomic E-state index is -4.56. The first-order chi connectivity index (χ1) is 14.9. The third-order valence-corrected chi connectivity index (χ3v) is 4.77. The van der Waals surface area contributed by atoms with Gasteiger partial charge in [-0.25, -0.2) is 0 Å². The van der Waals surface area contributed by atoms with Gasteiger partial charge in [0.25, 0.3) is 0 Å². The Hall–Kier alpha value is -3.49. The number of rotatable bonds is 5. The van der Waals surface area contributed by atoms with Crippen LogP contribution in [0.25, 0.3) is 11.3 Å². The van der Waals surface area contributed by atoms with Crippen LogP contribution in [0.1, 0.15) is 48.1 Å². The van der Waals surface area contributed by atoms with Crippen LogP contribution in [0, 0.1) is 0 Å². The molecule has 0 radical (unpaired) electrons. The number of nitrogens with zero attached hydrogens (tertiary/aromatic N) is 5. The normalized spacial score (nSPS) is 12.7. The summed E-state index contributed by atoms with van der Waals surface area (Å²) in [5, 5.41) is 11.7. The number of halogens is 3. The van der Waals surface area contributed by atoms with Crippen LogP contribution in [0.2, 0.25) is 0 Å². The smallest absolute Gasteiger partial charge is 0.383 e. The summed E-state index contributed by atoms with van der Waals surface area (Å²) in [6.07, 6.45) is -3.06. The molecule has 0 aliphatic rings. The van der Waals surface area contributed by atoms with E-state index in [4.69, 9.17) is 0 Å². The van der Waals surface area contributed by atoms with Crippen LogP contribution < -0.4 is 0 Å². The highest BCUT2D eigenvalue weighted by atomic mass is 19.4. The standard InChI is InChI=1S/C23H24F3N5O/c1-22(2,3)16-9-11-18(12-10-16)31-21(27-28-29-31)19(14-30(4)5)20(32)15-7-6-8-17(13-15)23(24,25)26/h6-14H,1-5H3. The SMILES string of the molecule is CN(C)C=C(C(=O)c1cccc(C(F)(F)F)c1)c1nnnn1-c1ccc(C(C)(C)C)cc1. The van der Waals surface area contributed by atoms with Gasteiger partial charge in [-0.1, -0.05) is 45.0 Å². The van der Waals surface area contributed by atoms with E-state index in [0.29, 0.717) is 5.69 Å². The van der Waals surface area contributed by atoms with Gasteiger partial charge in [-0.3, -0.25) is 4.79 Å². The summed E-state index contributed by atoms with van der Waals surface area (Å²) in [4.78, 5) is 14.9. The van der Waals surface area contributed by atoms with Gasteiger partial charge in [0.15, 0.2) is 11.6 Å². The molecule has 1 aromatic heterocycles. The second-order valence-electron chi connectivity index (χ2n) is 8.63. The van der Waals surface area contributed by atoms with Crippen molar-refractivity contribution in [3.05, 3.63) is 77.2 Å². The van der Waals surface area contributed by atoms with Gasteiger partial charge in [0.2, 0.25) is 0 Å². The van der Waals surface area contributed by atoms with Crippen molar-refractivity contribution >= 4 is 11.4 Å². The Kier molecular flexibility index (Phi) is 6.20. The van der Waals surface area contributed by atoms with Crippen LogP contribution in [0.3, 0.4) is 0 Å². The lowest BCUT2D eigenvalue weighted by Crippen LogP contribution is -2.15. The maximum atomic E-state index is 13.3. The second kappa shape index (κ2) is 8.57. The lowest BCUT2D eigenvalue weighted by atomic mass is 9.87. The molecule has 3 rings (SSSR count). The van der Waals surface area contributed by atoms with Crippen molar-refractivity contribution in [1.82, 2.24) is 25.1 Å². The van der Waals surface area contributed by atoms with Crippen molar-refractivity contribution in [3.8, 4) is 5.69 Å². The molecule has 9 heteroatoms. The van der Waals surface area contributed by atoms with Crippen LogP contribution in [-0.4, -0.2) is 45.0 Å². The Balaban J connectivity index is 2.06. The zero-order chi connectivity index (χ0) is 23.7. The van der Waals surface area contributed by atoms with E-state index in [1.165, 1.54) is 23.0 Å². The zero-order valence-corrected chi connectivity index (χ0v) is 18.5. The van der Waals surface area contributed by atoms with Gasteiger partial charge in [-0.2, -0.15) is 17.9 Å². The van der Waals surface area contributed by atoms with Crippen molar-refractivity contribution < 1.29 is 18.0 Å². The van der Waals surface area contributed by atoms with E-state index >= 15 is 0 Å². The molecule has 0 bridgehead atoms. The summed E-state index contributed by atoms with van der Waals surface area (Å²) in [5.74, 6) is -0.489. The molecule has 32 heavy (non-hydrogen) atoms. The topological polar surface area (TPSA) is 63.9 Å². The van der Waals surface area contributed by atoms with Crippen molar-refractivity contribution in [2.75, 3.05) is 14.1 Å². The molecule has 0 atom stereocenters. The highest BCUT2D eigenvalue weighted by Crippen LogP contribution is 2.31. The Morgan fingerprint density at radius 1 is 1.00 bits per heavy atom. The molecule has 1 heterocycles. The molecule has 3 aromatic rings. The third kappa shape index (κ3) is 5.04. The highest BCUT2D eigenvalue weighted by Gasteiger charge is 2.31. The summed E-state index contributed by atoms with van der Waals surface area (Å²) in [5.41, 5.74) is 0.756. The maximum Gasteiger partial charge on any atom is 0.416 e. The lowest BCUT2D eigenvalue weighted by Gasteiger charge is -2.19. The fraction of sp³-hybridized carbons (Fsp3) is 0.304. The molecule has 0 N–H and O–H groups in total.